The molecule has 1 aliphatic carbocycles. The fourth-order valence-corrected chi connectivity index (χ4v) is 3.29. The fraction of sp³-hybridized carbons (Fsp3) is 0.938. The van der Waals surface area contributed by atoms with Crippen LogP contribution in [0, 0.1) is 23.2 Å². The summed E-state index contributed by atoms with van der Waals surface area (Å²) in [6.07, 6.45) is 2.00. The van der Waals surface area contributed by atoms with Crippen LogP contribution in [0.15, 0.2) is 0 Å². The number of hydrogen-bond acceptors (Lipinski definition) is 3. The summed E-state index contributed by atoms with van der Waals surface area (Å²) in [4.78, 5) is 12.4. The minimum absolute atomic E-state index is 0.0106. The Bertz CT molecular complexity index is 328. The van der Waals surface area contributed by atoms with Crippen molar-refractivity contribution < 1.29 is 9.90 Å². The van der Waals surface area contributed by atoms with Crippen molar-refractivity contribution in [2.24, 2.45) is 28.9 Å². The number of nitrogens with one attached hydrogen (secondary N) is 1. The SMILES string of the molecule is CC(C)CC(O)CNC(=O)C1CCC(N)C(C)C1(C)C. The third kappa shape index (κ3) is 4.19. The van der Waals surface area contributed by atoms with Crippen molar-refractivity contribution in [2.45, 2.75) is 66.0 Å². The van der Waals surface area contributed by atoms with Gasteiger partial charge in [0.05, 0.1) is 6.10 Å². The molecule has 4 nitrogen and oxygen atoms in total. The van der Waals surface area contributed by atoms with Crippen LogP contribution in [-0.4, -0.2) is 29.7 Å². The van der Waals surface area contributed by atoms with Crippen LogP contribution in [0.5, 0.6) is 0 Å². The summed E-state index contributed by atoms with van der Waals surface area (Å²) in [5.74, 6) is 0.818. The van der Waals surface area contributed by atoms with Crippen molar-refractivity contribution in [3.05, 3.63) is 0 Å². The number of aliphatic hydroxyl groups excluding tert-OH is 1. The minimum atomic E-state index is -0.453. The lowest BCUT2D eigenvalue weighted by Gasteiger charge is -2.46. The van der Waals surface area contributed by atoms with Gasteiger partial charge in [-0.05, 0) is 36.5 Å². The Morgan fingerprint density at radius 3 is 2.55 bits per heavy atom. The van der Waals surface area contributed by atoms with Gasteiger partial charge in [0.1, 0.15) is 0 Å². The largest absolute Gasteiger partial charge is 0.391 e. The molecule has 0 aromatic rings. The van der Waals surface area contributed by atoms with E-state index in [1.165, 1.54) is 0 Å². The number of carbonyl (C=O) groups excluding carboxylic acids is 1. The van der Waals surface area contributed by atoms with Crippen LogP contribution in [0.25, 0.3) is 0 Å². The van der Waals surface area contributed by atoms with E-state index >= 15 is 0 Å². The Labute approximate surface area is 123 Å². The number of hydrogen-bond donors (Lipinski definition) is 3. The molecule has 0 aromatic heterocycles. The zero-order valence-electron chi connectivity index (χ0n) is 13.6. The highest BCUT2D eigenvalue weighted by atomic mass is 16.3. The molecule has 1 amide bonds. The summed E-state index contributed by atoms with van der Waals surface area (Å²) in [6, 6.07) is 0.181. The molecule has 4 atom stereocenters. The standard InChI is InChI=1S/C16H32N2O2/c1-10(2)8-12(19)9-18-15(20)13-6-7-14(17)11(3)16(13,4)5/h10-14,19H,6-9,17H2,1-5H3,(H,18,20). The topological polar surface area (TPSA) is 75.3 Å². The molecule has 4 unspecified atom stereocenters. The molecule has 4 heteroatoms. The van der Waals surface area contributed by atoms with E-state index in [0.29, 0.717) is 18.4 Å². The number of nitrogens with two attached hydrogens (primary N) is 1. The lowest BCUT2D eigenvalue weighted by atomic mass is 9.61. The summed E-state index contributed by atoms with van der Waals surface area (Å²) < 4.78 is 0. The highest BCUT2D eigenvalue weighted by molar-refractivity contribution is 5.79. The molecule has 0 saturated heterocycles. The summed E-state index contributed by atoms with van der Waals surface area (Å²) in [6.45, 7) is 10.9. The average Bonchev–Trinajstić information content (AvgIpc) is 2.32. The summed E-state index contributed by atoms with van der Waals surface area (Å²) in [5, 5.41) is 12.8. The van der Waals surface area contributed by atoms with Crippen molar-refractivity contribution in [2.75, 3.05) is 6.54 Å². The Hall–Kier alpha value is -0.610. The van der Waals surface area contributed by atoms with E-state index in [0.717, 1.165) is 19.3 Å². The first-order valence-corrected chi connectivity index (χ1v) is 7.87. The van der Waals surface area contributed by atoms with Crippen LogP contribution in [0.4, 0.5) is 0 Å². The average molecular weight is 284 g/mol. The van der Waals surface area contributed by atoms with Crippen LogP contribution < -0.4 is 11.1 Å². The summed E-state index contributed by atoms with van der Waals surface area (Å²) in [5.41, 5.74) is 6.03. The van der Waals surface area contributed by atoms with Crippen LogP contribution in [0.1, 0.15) is 53.9 Å². The van der Waals surface area contributed by atoms with E-state index in [2.05, 4.69) is 39.9 Å². The van der Waals surface area contributed by atoms with Gasteiger partial charge >= 0.3 is 0 Å². The molecule has 0 radical (unpaired) electrons. The predicted octanol–water partition coefficient (Wildman–Crippen LogP) is 1.91. The molecule has 0 aliphatic heterocycles. The van der Waals surface area contributed by atoms with Gasteiger partial charge in [-0.3, -0.25) is 4.79 Å². The number of aliphatic hydroxyl groups is 1. The monoisotopic (exact) mass is 284 g/mol. The molecule has 1 aliphatic rings. The molecule has 0 heterocycles. The third-order valence-electron chi connectivity index (χ3n) is 5.07. The van der Waals surface area contributed by atoms with E-state index in [4.69, 9.17) is 5.73 Å². The van der Waals surface area contributed by atoms with Crippen LogP contribution in [0.3, 0.4) is 0 Å². The van der Waals surface area contributed by atoms with E-state index in [9.17, 15) is 9.90 Å². The second-order valence-corrected chi connectivity index (χ2v) is 7.43. The molecule has 1 rings (SSSR count). The molecule has 0 bridgehead atoms. The predicted molar refractivity (Wildman–Crippen MR) is 82.1 cm³/mol. The van der Waals surface area contributed by atoms with E-state index in [-0.39, 0.29) is 23.3 Å². The first-order chi connectivity index (χ1) is 9.16. The Balaban J connectivity index is 2.55. The zero-order valence-corrected chi connectivity index (χ0v) is 13.6. The first-order valence-electron chi connectivity index (χ1n) is 7.87. The molecule has 118 valence electrons. The highest BCUT2D eigenvalue weighted by Crippen LogP contribution is 2.44. The number of amides is 1. The lowest BCUT2D eigenvalue weighted by Crippen LogP contribution is -2.52. The number of carbonyl (C=O) groups is 1. The fourth-order valence-electron chi connectivity index (χ4n) is 3.29. The van der Waals surface area contributed by atoms with Crippen molar-refractivity contribution in [3.8, 4) is 0 Å². The zero-order chi connectivity index (χ0) is 15.5. The molecule has 1 fully saturated rings. The second kappa shape index (κ2) is 6.90. The van der Waals surface area contributed by atoms with Crippen molar-refractivity contribution in [3.63, 3.8) is 0 Å². The normalized spacial score (nSPS) is 31.1. The van der Waals surface area contributed by atoms with E-state index in [1.54, 1.807) is 0 Å². The molecule has 0 spiro atoms. The van der Waals surface area contributed by atoms with Crippen molar-refractivity contribution in [1.82, 2.24) is 5.32 Å². The molecule has 1 saturated carbocycles. The maximum atomic E-state index is 12.4. The molecule has 20 heavy (non-hydrogen) atoms. The van der Waals surface area contributed by atoms with Gasteiger partial charge in [-0.25, -0.2) is 0 Å². The quantitative estimate of drug-likeness (QED) is 0.722. The number of rotatable bonds is 5. The van der Waals surface area contributed by atoms with Crippen LogP contribution in [-0.2, 0) is 4.79 Å². The molecular weight excluding hydrogens is 252 g/mol. The van der Waals surface area contributed by atoms with Crippen molar-refractivity contribution >= 4 is 5.91 Å². The van der Waals surface area contributed by atoms with Crippen LogP contribution >= 0.6 is 0 Å². The third-order valence-corrected chi connectivity index (χ3v) is 5.07. The highest BCUT2D eigenvalue weighted by Gasteiger charge is 2.44. The molecular formula is C16H32N2O2. The Morgan fingerprint density at radius 1 is 1.40 bits per heavy atom. The second-order valence-electron chi connectivity index (χ2n) is 7.43. The van der Waals surface area contributed by atoms with E-state index < -0.39 is 6.10 Å². The van der Waals surface area contributed by atoms with Gasteiger partial charge in [-0.1, -0.05) is 34.6 Å². The molecule has 4 N–H and O–H groups in total. The van der Waals surface area contributed by atoms with Gasteiger partial charge in [-0.15, -0.1) is 0 Å². The summed E-state index contributed by atoms with van der Waals surface area (Å²) >= 11 is 0. The van der Waals surface area contributed by atoms with Gasteiger partial charge in [0, 0.05) is 18.5 Å². The maximum Gasteiger partial charge on any atom is 0.223 e. The molecule has 0 aromatic carbocycles. The minimum Gasteiger partial charge on any atom is -0.391 e. The smallest absolute Gasteiger partial charge is 0.223 e. The van der Waals surface area contributed by atoms with Gasteiger partial charge in [0.25, 0.3) is 0 Å². The maximum absolute atomic E-state index is 12.4. The lowest BCUT2D eigenvalue weighted by molar-refractivity contribution is -0.133. The van der Waals surface area contributed by atoms with Gasteiger partial charge in [0.15, 0.2) is 0 Å². The van der Waals surface area contributed by atoms with Crippen LogP contribution in [0.2, 0.25) is 0 Å². The van der Waals surface area contributed by atoms with E-state index in [1.807, 2.05) is 0 Å². The Morgan fingerprint density at radius 2 is 2.00 bits per heavy atom. The first kappa shape index (κ1) is 17.4. The Kier molecular flexibility index (Phi) is 6.02. The van der Waals surface area contributed by atoms with Gasteiger partial charge in [0.2, 0.25) is 5.91 Å². The van der Waals surface area contributed by atoms with Gasteiger partial charge in [-0.2, -0.15) is 0 Å². The van der Waals surface area contributed by atoms with Crippen molar-refractivity contribution in [1.29, 1.82) is 0 Å². The summed E-state index contributed by atoms with van der Waals surface area (Å²) in [7, 11) is 0. The van der Waals surface area contributed by atoms with Gasteiger partial charge < -0.3 is 16.2 Å².